The van der Waals surface area contributed by atoms with E-state index in [9.17, 15) is 9.18 Å². The van der Waals surface area contributed by atoms with Crippen LogP contribution in [0, 0.1) is 5.82 Å². The third kappa shape index (κ3) is 3.83. The van der Waals surface area contributed by atoms with E-state index in [4.69, 9.17) is 0 Å². The van der Waals surface area contributed by atoms with Crippen molar-refractivity contribution in [1.82, 2.24) is 0 Å². The molecule has 2 rings (SSSR count). The second-order valence-electron chi connectivity index (χ2n) is 3.93. The van der Waals surface area contributed by atoms with Gasteiger partial charge in [-0.1, -0.05) is 18.2 Å². The number of thioether (sulfide) groups is 1. The van der Waals surface area contributed by atoms with Crippen molar-refractivity contribution >= 4 is 17.7 Å². The van der Waals surface area contributed by atoms with Gasteiger partial charge in [-0.25, -0.2) is 9.18 Å². The molecule has 98 valence electrons. The van der Waals surface area contributed by atoms with E-state index in [1.807, 2.05) is 18.2 Å². The summed E-state index contributed by atoms with van der Waals surface area (Å²) in [7, 11) is 1.36. The fraction of sp³-hybridized carbons (Fsp3) is 0.133. The standard InChI is InChI=1S/C15H13FO2S/c1-18-15(17)12-7-5-11(6-8-12)10-19-14-4-2-3-13(16)9-14/h2-9H,10H2,1H3. The normalized spacial score (nSPS) is 10.2. The van der Waals surface area contributed by atoms with Crippen LogP contribution in [-0.4, -0.2) is 13.1 Å². The minimum atomic E-state index is -0.343. The molecule has 19 heavy (non-hydrogen) atoms. The van der Waals surface area contributed by atoms with E-state index in [0.29, 0.717) is 5.56 Å². The van der Waals surface area contributed by atoms with Crippen molar-refractivity contribution in [1.29, 1.82) is 0 Å². The maximum absolute atomic E-state index is 13.0. The van der Waals surface area contributed by atoms with E-state index >= 15 is 0 Å². The van der Waals surface area contributed by atoms with E-state index in [0.717, 1.165) is 16.2 Å². The Morgan fingerprint density at radius 3 is 2.58 bits per heavy atom. The highest BCUT2D eigenvalue weighted by atomic mass is 32.2. The summed E-state index contributed by atoms with van der Waals surface area (Å²) in [4.78, 5) is 12.2. The van der Waals surface area contributed by atoms with Crippen molar-refractivity contribution in [3.05, 3.63) is 65.5 Å². The van der Waals surface area contributed by atoms with Crippen LogP contribution in [-0.2, 0) is 10.5 Å². The Labute approximate surface area is 115 Å². The van der Waals surface area contributed by atoms with Crippen molar-refractivity contribution in [2.45, 2.75) is 10.6 Å². The first-order valence-electron chi connectivity index (χ1n) is 5.74. The zero-order valence-corrected chi connectivity index (χ0v) is 11.2. The van der Waals surface area contributed by atoms with Crippen LogP contribution in [0.4, 0.5) is 4.39 Å². The molecule has 0 saturated carbocycles. The zero-order chi connectivity index (χ0) is 13.7. The Morgan fingerprint density at radius 1 is 1.21 bits per heavy atom. The summed E-state index contributed by atoms with van der Waals surface area (Å²) in [5, 5.41) is 0. The number of halogens is 1. The molecule has 0 aliphatic heterocycles. The summed E-state index contributed by atoms with van der Waals surface area (Å²) < 4.78 is 17.6. The molecule has 0 unspecified atom stereocenters. The maximum atomic E-state index is 13.0. The molecule has 0 spiro atoms. The smallest absolute Gasteiger partial charge is 0.337 e. The van der Waals surface area contributed by atoms with Crippen molar-refractivity contribution in [3.8, 4) is 0 Å². The van der Waals surface area contributed by atoms with Gasteiger partial charge in [-0.2, -0.15) is 0 Å². The molecular formula is C15H13FO2S. The third-order valence-electron chi connectivity index (χ3n) is 2.58. The monoisotopic (exact) mass is 276 g/mol. The summed E-state index contributed by atoms with van der Waals surface area (Å²) in [6.07, 6.45) is 0. The molecule has 2 aromatic rings. The molecule has 0 heterocycles. The highest BCUT2D eigenvalue weighted by molar-refractivity contribution is 7.98. The molecule has 4 heteroatoms. The molecule has 0 aromatic heterocycles. The average molecular weight is 276 g/mol. The largest absolute Gasteiger partial charge is 0.465 e. The zero-order valence-electron chi connectivity index (χ0n) is 10.4. The lowest BCUT2D eigenvalue weighted by Crippen LogP contribution is -2.00. The second kappa shape index (κ2) is 6.38. The fourth-order valence-electron chi connectivity index (χ4n) is 1.58. The third-order valence-corrected chi connectivity index (χ3v) is 3.64. The molecule has 0 aliphatic rings. The average Bonchev–Trinajstić information content (AvgIpc) is 2.45. The first-order valence-corrected chi connectivity index (χ1v) is 6.73. The predicted molar refractivity (Wildman–Crippen MR) is 73.7 cm³/mol. The molecule has 2 aromatic carbocycles. The van der Waals surface area contributed by atoms with E-state index in [2.05, 4.69) is 4.74 Å². The minimum absolute atomic E-state index is 0.231. The van der Waals surface area contributed by atoms with Crippen molar-refractivity contribution in [2.75, 3.05) is 7.11 Å². The fourth-order valence-corrected chi connectivity index (χ4v) is 2.47. The van der Waals surface area contributed by atoms with Crippen LogP contribution >= 0.6 is 11.8 Å². The molecule has 2 nitrogen and oxygen atoms in total. The van der Waals surface area contributed by atoms with Gasteiger partial charge in [-0.05, 0) is 35.9 Å². The van der Waals surface area contributed by atoms with Crippen LogP contribution < -0.4 is 0 Å². The van der Waals surface area contributed by atoms with Crippen molar-refractivity contribution < 1.29 is 13.9 Å². The van der Waals surface area contributed by atoms with Gasteiger partial charge < -0.3 is 4.74 Å². The summed E-state index contributed by atoms with van der Waals surface area (Å²) >= 11 is 1.55. The lowest BCUT2D eigenvalue weighted by molar-refractivity contribution is 0.0600. The number of rotatable bonds is 4. The molecule has 0 bridgehead atoms. The minimum Gasteiger partial charge on any atom is -0.465 e. The van der Waals surface area contributed by atoms with Gasteiger partial charge in [-0.15, -0.1) is 11.8 Å². The topological polar surface area (TPSA) is 26.3 Å². The SMILES string of the molecule is COC(=O)c1ccc(CSc2cccc(F)c2)cc1. The lowest BCUT2D eigenvalue weighted by atomic mass is 10.1. The van der Waals surface area contributed by atoms with E-state index in [1.54, 1.807) is 30.0 Å². The van der Waals surface area contributed by atoms with Crippen LogP contribution in [0.15, 0.2) is 53.4 Å². The van der Waals surface area contributed by atoms with Crippen LogP contribution in [0.25, 0.3) is 0 Å². The molecule has 0 saturated heterocycles. The van der Waals surface area contributed by atoms with Crippen LogP contribution in [0.2, 0.25) is 0 Å². The number of ether oxygens (including phenoxy) is 1. The summed E-state index contributed by atoms with van der Waals surface area (Å²) in [6.45, 7) is 0. The molecule has 0 atom stereocenters. The van der Waals surface area contributed by atoms with Gasteiger partial charge in [0.1, 0.15) is 5.82 Å². The van der Waals surface area contributed by atoms with E-state index in [1.165, 1.54) is 19.2 Å². The summed E-state index contributed by atoms with van der Waals surface area (Å²) in [5.74, 6) is 0.153. The number of carbonyl (C=O) groups is 1. The number of hydrogen-bond acceptors (Lipinski definition) is 3. The summed E-state index contributed by atoms with van der Waals surface area (Å²) in [6, 6.07) is 13.7. The quantitative estimate of drug-likeness (QED) is 0.625. The Morgan fingerprint density at radius 2 is 1.95 bits per heavy atom. The van der Waals surface area contributed by atoms with Crippen LogP contribution in [0.1, 0.15) is 15.9 Å². The predicted octanol–water partition coefficient (Wildman–Crippen LogP) is 3.90. The van der Waals surface area contributed by atoms with Gasteiger partial charge >= 0.3 is 5.97 Å². The highest BCUT2D eigenvalue weighted by Crippen LogP contribution is 2.23. The molecule has 0 N–H and O–H groups in total. The highest BCUT2D eigenvalue weighted by Gasteiger charge is 2.04. The van der Waals surface area contributed by atoms with Crippen molar-refractivity contribution in [2.24, 2.45) is 0 Å². The van der Waals surface area contributed by atoms with E-state index in [-0.39, 0.29) is 11.8 Å². The number of benzene rings is 2. The molecule has 0 aliphatic carbocycles. The first-order chi connectivity index (χ1) is 9.19. The summed E-state index contributed by atoms with van der Waals surface area (Å²) in [5.41, 5.74) is 1.60. The second-order valence-corrected chi connectivity index (χ2v) is 4.98. The number of carbonyl (C=O) groups excluding carboxylic acids is 1. The first kappa shape index (κ1) is 13.6. The molecule has 0 fully saturated rings. The lowest BCUT2D eigenvalue weighted by Gasteiger charge is -2.04. The number of esters is 1. The van der Waals surface area contributed by atoms with Gasteiger partial charge in [-0.3, -0.25) is 0 Å². The number of hydrogen-bond donors (Lipinski definition) is 0. The Bertz CT molecular complexity index is 567. The molecule has 0 amide bonds. The van der Waals surface area contributed by atoms with Crippen LogP contribution in [0.5, 0.6) is 0 Å². The van der Waals surface area contributed by atoms with Gasteiger partial charge in [0, 0.05) is 10.6 Å². The molecular weight excluding hydrogens is 263 g/mol. The van der Waals surface area contributed by atoms with Gasteiger partial charge in [0.25, 0.3) is 0 Å². The van der Waals surface area contributed by atoms with Crippen molar-refractivity contribution in [3.63, 3.8) is 0 Å². The maximum Gasteiger partial charge on any atom is 0.337 e. The Balaban J connectivity index is 1.98. The van der Waals surface area contributed by atoms with E-state index < -0.39 is 0 Å². The van der Waals surface area contributed by atoms with Gasteiger partial charge in [0.05, 0.1) is 12.7 Å². The number of methoxy groups -OCH3 is 1. The molecule has 0 radical (unpaired) electrons. The van der Waals surface area contributed by atoms with Crippen LogP contribution in [0.3, 0.4) is 0 Å². The Kier molecular flexibility index (Phi) is 4.58. The Hall–Kier alpha value is -1.81. The van der Waals surface area contributed by atoms with Gasteiger partial charge in [0.15, 0.2) is 0 Å². The van der Waals surface area contributed by atoms with Gasteiger partial charge in [0.2, 0.25) is 0 Å².